The van der Waals surface area contributed by atoms with Gasteiger partial charge < -0.3 is 27.9 Å². The first-order chi connectivity index (χ1) is 49.0. The van der Waals surface area contributed by atoms with Gasteiger partial charge in [-0.3, -0.25) is 14.2 Å². The summed E-state index contributed by atoms with van der Waals surface area (Å²) in [7, 11) is 1.16. The second-order valence-electron chi connectivity index (χ2n) is 27.7. The average molecular weight is 1410 g/mol. The molecule has 0 aliphatic heterocycles. The molecule has 0 saturated heterocycles. The summed E-state index contributed by atoms with van der Waals surface area (Å²) in [6, 6.07) is 0. The second-order valence-corrected chi connectivity index (χ2v) is 29.1. The van der Waals surface area contributed by atoms with Gasteiger partial charge in [0.2, 0.25) is 0 Å². The van der Waals surface area contributed by atoms with Gasteiger partial charge in [0.25, 0.3) is 7.82 Å². The molecule has 0 heterocycles. The maximum atomic E-state index is 12.9. The first kappa shape index (κ1) is 95.1. The van der Waals surface area contributed by atoms with Crippen molar-refractivity contribution in [3.63, 3.8) is 0 Å². The first-order valence-electron chi connectivity index (χ1n) is 40.5. The van der Waals surface area contributed by atoms with E-state index in [1.54, 1.807) is 0 Å². The van der Waals surface area contributed by atoms with Gasteiger partial charge in [-0.25, -0.2) is 0 Å². The monoisotopic (exact) mass is 1400 g/mol. The Morgan fingerprint density at radius 1 is 0.310 bits per heavy atom. The maximum Gasteiger partial charge on any atom is 0.306 e. The molecule has 0 N–H and O–H groups in total. The van der Waals surface area contributed by atoms with Gasteiger partial charge in [0, 0.05) is 12.8 Å². The summed E-state index contributed by atoms with van der Waals surface area (Å²) in [6.45, 7) is 4.02. The van der Waals surface area contributed by atoms with Gasteiger partial charge in [-0.2, -0.15) is 0 Å². The lowest BCUT2D eigenvalue weighted by molar-refractivity contribution is -0.870. The number of carbonyl (C=O) groups is 2. The van der Waals surface area contributed by atoms with Crippen LogP contribution in [-0.4, -0.2) is 70.0 Å². The van der Waals surface area contributed by atoms with E-state index in [-0.39, 0.29) is 32.0 Å². The number of carbonyl (C=O) groups excluding carboxylic acids is 2. The van der Waals surface area contributed by atoms with Crippen LogP contribution in [0.15, 0.2) is 182 Å². The van der Waals surface area contributed by atoms with E-state index in [1.807, 2.05) is 21.1 Å². The number of unbranched alkanes of at least 4 members (excludes halogenated alkanes) is 29. The molecule has 9 nitrogen and oxygen atoms in total. The second kappa shape index (κ2) is 78.3. The number of phosphoric ester groups is 1. The molecule has 0 rings (SSSR count). The number of nitrogens with zero attached hydrogens (tertiary/aromatic N) is 1. The van der Waals surface area contributed by atoms with Crippen LogP contribution in [0.25, 0.3) is 0 Å². The lowest BCUT2D eigenvalue weighted by atomic mass is 10.0. The van der Waals surface area contributed by atoms with E-state index < -0.39 is 26.5 Å². The summed E-state index contributed by atoms with van der Waals surface area (Å²) in [5.74, 6) is -0.834. The molecule has 10 heteroatoms. The number of hydrogen-bond acceptors (Lipinski definition) is 8. The van der Waals surface area contributed by atoms with Gasteiger partial charge in [0.15, 0.2) is 6.10 Å². The Bertz CT molecular complexity index is 2350. The van der Waals surface area contributed by atoms with Gasteiger partial charge in [-0.15, -0.1) is 0 Å². The summed E-state index contributed by atoms with van der Waals surface area (Å²) < 4.78 is 34.4. The Morgan fingerprint density at radius 3 is 0.800 bits per heavy atom. The summed E-state index contributed by atoms with van der Waals surface area (Å²) in [5, 5.41) is 0. The number of likely N-dealkylation sites (N-methyl/N-ethyl adjacent to an activating group) is 1. The molecule has 0 bridgehead atoms. The average Bonchev–Trinajstić information content (AvgIpc) is 1.07. The van der Waals surface area contributed by atoms with Crippen LogP contribution in [0.1, 0.15) is 322 Å². The Morgan fingerprint density at radius 2 is 0.540 bits per heavy atom. The van der Waals surface area contributed by atoms with Gasteiger partial charge in [-0.05, 0) is 135 Å². The van der Waals surface area contributed by atoms with Crippen LogP contribution < -0.4 is 4.89 Å². The number of allylic oxidation sites excluding steroid dienone is 30. The molecular formula is C90H150NO8P. The minimum Gasteiger partial charge on any atom is -0.756 e. The van der Waals surface area contributed by atoms with Crippen molar-refractivity contribution in [2.24, 2.45) is 0 Å². The van der Waals surface area contributed by atoms with Gasteiger partial charge in [-0.1, -0.05) is 357 Å². The van der Waals surface area contributed by atoms with Crippen molar-refractivity contribution in [1.29, 1.82) is 0 Å². The van der Waals surface area contributed by atoms with E-state index in [2.05, 4.69) is 196 Å². The SMILES string of the molecule is CC/C=C\C/C=C\C/C=C\C/C=C\C/C=C\C/C=C\C/C=C\C/C=C\CCCCCCCCCCCCCCCCC(=O)OC(COC(=O)CCCCCCCCCCCCCCCCC/C=C\C/C=C\C/C=C\C/C=C\C/C=C\C/C=C\C/C=C\CC)COP(=O)([O-])OCC[N+](C)(C)C. The Labute approximate surface area is 616 Å². The van der Waals surface area contributed by atoms with E-state index in [0.717, 1.165) is 135 Å². The predicted octanol–water partition coefficient (Wildman–Crippen LogP) is 26.8. The topological polar surface area (TPSA) is 111 Å². The molecule has 2 unspecified atom stereocenters. The summed E-state index contributed by atoms with van der Waals surface area (Å²) in [6.07, 6.45) is 120. The molecule has 0 aliphatic carbocycles. The number of phosphoric acid groups is 1. The Kier molecular flexibility index (Phi) is 74.4. The number of quaternary nitrogens is 1. The van der Waals surface area contributed by atoms with Crippen LogP contribution in [-0.2, 0) is 32.7 Å². The van der Waals surface area contributed by atoms with Crippen molar-refractivity contribution >= 4 is 19.8 Å². The number of esters is 2. The van der Waals surface area contributed by atoms with E-state index in [4.69, 9.17) is 18.5 Å². The lowest BCUT2D eigenvalue weighted by Crippen LogP contribution is -2.37. The van der Waals surface area contributed by atoms with E-state index in [1.165, 1.54) is 154 Å². The van der Waals surface area contributed by atoms with E-state index in [0.29, 0.717) is 17.4 Å². The van der Waals surface area contributed by atoms with Crippen LogP contribution >= 0.6 is 7.82 Å². The zero-order chi connectivity index (χ0) is 72.5. The molecule has 0 spiro atoms. The molecule has 0 aromatic carbocycles. The summed E-state index contributed by atoms with van der Waals surface area (Å²) in [4.78, 5) is 38.2. The lowest BCUT2D eigenvalue weighted by Gasteiger charge is -2.28. The number of rotatable bonds is 73. The van der Waals surface area contributed by atoms with Crippen LogP contribution in [0.5, 0.6) is 0 Å². The van der Waals surface area contributed by atoms with E-state index in [9.17, 15) is 19.0 Å². The van der Waals surface area contributed by atoms with Crippen molar-refractivity contribution < 1.29 is 42.1 Å². The highest BCUT2D eigenvalue weighted by Gasteiger charge is 2.22. The Balaban J connectivity index is 4.01. The van der Waals surface area contributed by atoms with Gasteiger partial charge in [0.05, 0.1) is 27.7 Å². The largest absolute Gasteiger partial charge is 0.756 e. The van der Waals surface area contributed by atoms with Crippen LogP contribution in [0.2, 0.25) is 0 Å². The molecule has 0 fully saturated rings. The van der Waals surface area contributed by atoms with Crippen molar-refractivity contribution in [2.45, 2.75) is 328 Å². The van der Waals surface area contributed by atoms with Gasteiger partial charge >= 0.3 is 11.9 Å². The fourth-order valence-corrected chi connectivity index (χ4v) is 11.6. The third-order valence-electron chi connectivity index (χ3n) is 16.9. The minimum atomic E-state index is -4.66. The minimum absolute atomic E-state index is 0.0372. The fraction of sp³-hybridized carbons (Fsp3) is 0.644. The molecule has 568 valence electrons. The third-order valence-corrected chi connectivity index (χ3v) is 17.9. The van der Waals surface area contributed by atoms with Crippen molar-refractivity contribution in [2.75, 3.05) is 47.5 Å². The molecular weight excluding hydrogens is 1250 g/mol. The zero-order valence-corrected chi connectivity index (χ0v) is 65.7. The van der Waals surface area contributed by atoms with E-state index >= 15 is 0 Å². The molecule has 0 aromatic heterocycles. The van der Waals surface area contributed by atoms with Crippen molar-refractivity contribution in [1.82, 2.24) is 0 Å². The predicted molar refractivity (Wildman–Crippen MR) is 433 cm³/mol. The van der Waals surface area contributed by atoms with Crippen molar-refractivity contribution in [3.05, 3.63) is 182 Å². The third kappa shape index (κ3) is 82.1. The van der Waals surface area contributed by atoms with Crippen molar-refractivity contribution in [3.8, 4) is 0 Å². The molecule has 0 amide bonds. The highest BCUT2D eigenvalue weighted by Crippen LogP contribution is 2.38. The number of ether oxygens (including phenoxy) is 2. The highest BCUT2D eigenvalue weighted by molar-refractivity contribution is 7.45. The van der Waals surface area contributed by atoms with Crippen LogP contribution in [0, 0.1) is 0 Å². The zero-order valence-electron chi connectivity index (χ0n) is 64.8. The van der Waals surface area contributed by atoms with Crippen LogP contribution in [0.4, 0.5) is 0 Å². The van der Waals surface area contributed by atoms with Crippen LogP contribution in [0.3, 0.4) is 0 Å². The maximum absolute atomic E-state index is 12.9. The molecule has 100 heavy (non-hydrogen) atoms. The standard InChI is InChI=1S/C90H150NO8P/c1-6-8-10-12-14-16-18-20-22-24-26-28-30-32-34-36-38-40-42-44-45-47-49-51-53-55-57-59-61-63-65-67-69-71-73-75-77-79-81-83-90(93)99-88(87-98-100(94,95)97-85-84-91(3,4)5)86-96-89(92)82-80-78-76-74-72-70-68-66-64-62-60-58-56-54-52-50-48-46-43-41-39-37-35-33-31-29-27-25-23-21-19-17-15-13-11-9-7-2/h8-11,14-17,20-23,26-29,32-35,38-41,44-46,48-49,51,88H,6-7,12-13,18-19,24-25,30-31,36-37,42-43,47,50,52-87H2,1-5H3/b10-8-,11-9-,16-14-,17-15-,22-20-,23-21-,28-26-,29-27-,34-32-,35-33-,40-38-,41-39-,45-44-,48-46-,51-49-. The normalized spacial score (nSPS) is 14.0. The summed E-state index contributed by atoms with van der Waals surface area (Å²) >= 11 is 0. The summed E-state index contributed by atoms with van der Waals surface area (Å²) in [5.41, 5.74) is 0. The number of hydrogen-bond donors (Lipinski definition) is 0. The first-order valence-corrected chi connectivity index (χ1v) is 42.0. The highest BCUT2D eigenvalue weighted by atomic mass is 31.2. The molecule has 0 saturated carbocycles. The quantitative estimate of drug-likeness (QED) is 0.0195. The smallest absolute Gasteiger partial charge is 0.306 e. The van der Waals surface area contributed by atoms with Gasteiger partial charge in [0.1, 0.15) is 19.8 Å². The Hall–Kier alpha value is -4.89. The molecule has 0 aliphatic rings. The molecule has 0 radical (unpaired) electrons. The molecule has 2 atom stereocenters. The molecule has 0 aromatic rings. The fourth-order valence-electron chi connectivity index (χ4n) is 10.8.